The number of carbonyl (C=O) groups is 1. The highest BCUT2D eigenvalue weighted by Gasteiger charge is 2.10. The molecule has 0 bridgehead atoms. The predicted octanol–water partition coefficient (Wildman–Crippen LogP) is 3.44. The fraction of sp³-hybridized carbons (Fsp3) is 0.0769. The first-order valence-corrected chi connectivity index (χ1v) is 5.91. The van der Waals surface area contributed by atoms with Crippen LogP contribution in [0, 0.1) is 5.82 Å². The third kappa shape index (κ3) is 2.73. The first-order valence-electron chi connectivity index (χ1n) is 5.12. The van der Waals surface area contributed by atoms with Crippen LogP contribution in [0.4, 0.5) is 4.39 Å². The monoisotopic (exact) mass is 309 g/mol. The van der Waals surface area contributed by atoms with E-state index >= 15 is 0 Å². The molecule has 0 radical (unpaired) electrons. The minimum atomic E-state index is -0.443. The van der Waals surface area contributed by atoms with Crippen LogP contribution in [0.1, 0.15) is 10.4 Å². The summed E-state index contributed by atoms with van der Waals surface area (Å²) >= 11 is 3.23. The first kappa shape index (κ1) is 12.7. The van der Waals surface area contributed by atoms with Gasteiger partial charge in [-0.1, -0.05) is 0 Å². The van der Waals surface area contributed by atoms with E-state index in [0.29, 0.717) is 15.9 Å². The summed E-state index contributed by atoms with van der Waals surface area (Å²) in [6.45, 7) is 0. The summed E-state index contributed by atoms with van der Waals surface area (Å²) in [5.41, 5.74) is 1.69. The maximum atomic E-state index is 12.8. The topological polar surface area (TPSA) is 39.2 Å². The van der Waals surface area contributed by atoms with Gasteiger partial charge >= 0.3 is 5.97 Å². The van der Waals surface area contributed by atoms with Gasteiger partial charge in [0.1, 0.15) is 10.4 Å². The number of benzene rings is 1. The zero-order valence-corrected chi connectivity index (χ0v) is 11.1. The van der Waals surface area contributed by atoms with Crippen LogP contribution in [0.5, 0.6) is 0 Å². The van der Waals surface area contributed by atoms with Crippen molar-refractivity contribution in [3.63, 3.8) is 0 Å². The van der Waals surface area contributed by atoms with E-state index in [1.54, 1.807) is 24.3 Å². The van der Waals surface area contributed by atoms with Gasteiger partial charge in [-0.2, -0.15) is 0 Å². The number of hydrogen-bond acceptors (Lipinski definition) is 3. The molecule has 5 heteroatoms. The Kier molecular flexibility index (Phi) is 3.72. The number of carbonyl (C=O) groups excluding carboxylic acids is 1. The van der Waals surface area contributed by atoms with Gasteiger partial charge in [0.25, 0.3) is 0 Å². The molecule has 2 aromatic rings. The van der Waals surface area contributed by atoms with E-state index in [0.717, 1.165) is 5.56 Å². The van der Waals surface area contributed by atoms with E-state index in [1.807, 2.05) is 0 Å². The highest BCUT2D eigenvalue weighted by atomic mass is 79.9. The van der Waals surface area contributed by atoms with Crippen molar-refractivity contribution in [1.29, 1.82) is 0 Å². The maximum absolute atomic E-state index is 12.8. The summed E-state index contributed by atoms with van der Waals surface area (Å²) in [7, 11) is 1.31. The van der Waals surface area contributed by atoms with Crippen LogP contribution in [-0.2, 0) is 4.74 Å². The maximum Gasteiger partial charge on any atom is 0.338 e. The number of methoxy groups -OCH3 is 1. The zero-order chi connectivity index (χ0) is 13.1. The second-order valence-corrected chi connectivity index (χ2v) is 4.37. The van der Waals surface area contributed by atoms with Crippen molar-refractivity contribution in [3.05, 3.63) is 52.4 Å². The van der Waals surface area contributed by atoms with Crippen molar-refractivity contribution in [2.24, 2.45) is 0 Å². The Morgan fingerprint density at radius 3 is 2.56 bits per heavy atom. The third-order valence-corrected chi connectivity index (χ3v) is 2.76. The van der Waals surface area contributed by atoms with Gasteiger partial charge < -0.3 is 4.74 Å². The number of esters is 1. The number of aromatic nitrogens is 1. The second-order valence-electron chi connectivity index (χ2n) is 3.56. The van der Waals surface area contributed by atoms with Crippen molar-refractivity contribution < 1.29 is 13.9 Å². The molecule has 1 aromatic heterocycles. The van der Waals surface area contributed by atoms with Crippen molar-refractivity contribution in [2.75, 3.05) is 7.11 Å². The molecule has 0 atom stereocenters. The molecule has 18 heavy (non-hydrogen) atoms. The highest BCUT2D eigenvalue weighted by molar-refractivity contribution is 9.10. The molecule has 0 aliphatic rings. The lowest BCUT2D eigenvalue weighted by Gasteiger charge is -2.05. The molecule has 0 unspecified atom stereocenters. The Morgan fingerprint density at radius 1 is 1.28 bits per heavy atom. The van der Waals surface area contributed by atoms with Crippen LogP contribution in [-0.4, -0.2) is 18.1 Å². The van der Waals surface area contributed by atoms with E-state index in [1.165, 1.54) is 19.2 Å². The molecule has 0 saturated carbocycles. The normalized spacial score (nSPS) is 10.2. The minimum Gasteiger partial charge on any atom is -0.465 e. The van der Waals surface area contributed by atoms with Gasteiger partial charge in [0.2, 0.25) is 0 Å². The molecular formula is C13H9BrFNO2. The molecule has 92 valence electrons. The quantitative estimate of drug-likeness (QED) is 0.630. The predicted molar refractivity (Wildman–Crippen MR) is 68.7 cm³/mol. The molecule has 1 heterocycles. The van der Waals surface area contributed by atoms with E-state index in [-0.39, 0.29) is 5.82 Å². The highest BCUT2D eigenvalue weighted by Crippen LogP contribution is 2.22. The Labute approximate surface area is 112 Å². The Morgan fingerprint density at radius 2 is 1.94 bits per heavy atom. The molecule has 0 amide bonds. The van der Waals surface area contributed by atoms with Crippen molar-refractivity contribution in [1.82, 2.24) is 4.98 Å². The van der Waals surface area contributed by atoms with Gasteiger partial charge in [0.05, 0.1) is 18.4 Å². The number of rotatable bonds is 2. The minimum absolute atomic E-state index is 0.318. The number of halogens is 2. The number of nitrogens with zero attached hydrogens (tertiary/aromatic N) is 1. The van der Waals surface area contributed by atoms with Crippen LogP contribution >= 0.6 is 15.9 Å². The Balaban J connectivity index is 2.48. The van der Waals surface area contributed by atoms with Crippen molar-refractivity contribution >= 4 is 21.9 Å². The lowest BCUT2D eigenvalue weighted by atomic mass is 10.1. The standard InChI is InChI=1S/C13H9BrFNO2/c1-18-13(17)9-6-11(16-12(14)7-9)8-2-4-10(15)5-3-8/h2-7H,1H3. The van der Waals surface area contributed by atoms with Gasteiger partial charge in [-0.05, 0) is 52.3 Å². The lowest BCUT2D eigenvalue weighted by Crippen LogP contribution is -2.02. The van der Waals surface area contributed by atoms with Crippen LogP contribution in [0.2, 0.25) is 0 Å². The molecule has 0 fully saturated rings. The average Bonchev–Trinajstić information content (AvgIpc) is 2.38. The van der Waals surface area contributed by atoms with Crippen LogP contribution < -0.4 is 0 Å². The molecule has 3 nitrogen and oxygen atoms in total. The van der Waals surface area contributed by atoms with E-state index in [2.05, 4.69) is 25.7 Å². The summed E-state index contributed by atoms with van der Waals surface area (Å²) < 4.78 is 18.0. The van der Waals surface area contributed by atoms with Gasteiger partial charge in [0.15, 0.2) is 0 Å². The first-order chi connectivity index (χ1) is 8.60. The van der Waals surface area contributed by atoms with Crippen LogP contribution in [0.15, 0.2) is 41.0 Å². The molecule has 1 aromatic carbocycles. The van der Waals surface area contributed by atoms with Crippen molar-refractivity contribution in [3.8, 4) is 11.3 Å². The van der Waals surface area contributed by atoms with Gasteiger partial charge in [0, 0.05) is 5.56 Å². The Hall–Kier alpha value is -1.75. The van der Waals surface area contributed by atoms with Crippen molar-refractivity contribution in [2.45, 2.75) is 0 Å². The summed E-state index contributed by atoms with van der Waals surface area (Å²) in [5.74, 6) is -0.761. The van der Waals surface area contributed by atoms with Gasteiger partial charge in [-0.25, -0.2) is 14.2 Å². The molecule has 0 N–H and O–H groups in total. The van der Waals surface area contributed by atoms with E-state index in [9.17, 15) is 9.18 Å². The van der Waals surface area contributed by atoms with Gasteiger partial charge in [-0.15, -0.1) is 0 Å². The molecule has 0 aliphatic heterocycles. The fourth-order valence-electron chi connectivity index (χ4n) is 1.50. The summed E-state index contributed by atoms with van der Waals surface area (Å²) in [4.78, 5) is 15.7. The SMILES string of the molecule is COC(=O)c1cc(Br)nc(-c2ccc(F)cc2)c1. The van der Waals surface area contributed by atoms with Crippen LogP contribution in [0.25, 0.3) is 11.3 Å². The Bertz CT molecular complexity index is 584. The molecule has 0 spiro atoms. The van der Waals surface area contributed by atoms with E-state index < -0.39 is 5.97 Å². The summed E-state index contributed by atoms with van der Waals surface area (Å²) in [6.07, 6.45) is 0. The number of hydrogen-bond donors (Lipinski definition) is 0. The number of pyridine rings is 1. The van der Waals surface area contributed by atoms with Gasteiger partial charge in [-0.3, -0.25) is 0 Å². The smallest absolute Gasteiger partial charge is 0.338 e. The second kappa shape index (κ2) is 5.27. The largest absolute Gasteiger partial charge is 0.465 e. The molecule has 0 aliphatic carbocycles. The lowest BCUT2D eigenvalue weighted by molar-refractivity contribution is 0.0600. The van der Waals surface area contributed by atoms with Crippen LogP contribution in [0.3, 0.4) is 0 Å². The molecular weight excluding hydrogens is 301 g/mol. The third-order valence-electron chi connectivity index (χ3n) is 2.36. The fourth-order valence-corrected chi connectivity index (χ4v) is 1.94. The average molecular weight is 310 g/mol. The molecule has 2 rings (SSSR count). The summed E-state index contributed by atoms with van der Waals surface area (Å²) in [6, 6.07) is 9.06. The molecule has 0 saturated heterocycles. The zero-order valence-electron chi connectivity index (χ0n) is 9.48. The summed E-state index contributed by atoms with van der Waals surface area (Å²) in [5, 5.41) is 0. The van der Waals surface area contributed by atoms with E-state index in [4.69, 9.17) is 0 Å². The number of ether oxygens (including phenoxy) is 1.